The van der Waals surface area contributed by atoms with E-state index in [4.69, 9.17) is 4.74 Å². The molecule has 0 atom stereocenters. The summed E-state index contributed by atoms with van der Waals surface area (Å²) in [6.07, 6.45) is 1.03. The van der Waals surface area contributed by atoms with Crippen LogP contribution < -0.4 is 15.4 Å². The van der Waals surface area contributed by atoms with Gasteiger partial charge in [0, 0.05) is 24.1 Å². The van der Waals surface area contributed by atoms with Crippen LogP contribution in [0.15, 0.2) is 42.5 Å². The van der Waals surface area contributed by atoms with Crippen LogP contribution in [-0.4, -0.2) is 50.2 Å². The molecule has 10 nitrogen and oxygen atoms in total. The second-order valence-electron chi connectivity index (χ2n) is 7.21. The average molecular weight is 466 g/mol. The highest BCUT2D eigenvalue weighted by molar-refractivity contribution is 7.22. The van der Waals surface area contributed by atoms with Crippen LogP contribution in [-0.2, 0) is 11.8 Å². The second kappa shape index (κ2) is 10.2. The summed E-state index contributed by atoms with van der Waals surface area (Å²) in [6.45, 7) is 2.85. The van der Waals surface area contributed by atoms with Crippen LogP contribution in [0.3, 0.4) is 0 Å². The van der Waals surface area contributed by atoms with Crippen molar-refractivity contribution in [2.75, 3.05) is 18.5 Å². The summed E-state index contributed by atoms with van der Waals surface area (Å²) in [4.78, 5) is 30.6. The third kappa shape index (κ3) is 5.50. The van der Waals surface area contributed by atoms with Crippen molar-refractivity contribution in [2.45, 2.75) is 19.8 Å². The number of tetrazole rings is 1. The zero-order valence-corrected chi connectivity index (χ0v) is 19.1. The van der Waals surface area contributed by atoms with Gasteiger partial charge in [0.2, 0.25) is 11.7 Å². The van der Waals surface area contributed by atoms with Gasteiger partial charge in [-0.05, 0) is 35.9 Å². The topological polar surface area (TPSA) is 124 Å². The fourth-order valence-electron chi connectivity index (χ4n) is 3.08. The first kappa shape index (κ1) is 22.3. The van der Waals surface area contributed by atoms with Crippen molar-refractivity contribution >= 4 is 38.5 Å². The monoisotopic (exact) mass is 465 g/mol. The lowest BCUT2D eigenvalue weighted by atomic mass is 10.1. The molecule has 4 aromatic rings. The van der Waals surface area contributed by atoms with Crippen molar-refractivity contribution in [3.8, 4) is 17.1 Å². The molecule has 2 N–H and O–H groups in total. The van der Waals surface area contributed by atoms with Crippen LogP contribution in [0, 0.1) is 0 Å². The van der Waals surface area contributed by atoms with Crippen molar-refractivity contribution in [2.24, 2.45) is 7.05 Å². The van der Waals surface area contributed by atoms with E-state index >= 15 is 0 Å². The number of aryl methyl sites for hydroxylation is 1. The first-order chi connectivity index (χ1) is 16.0. The third-order valence-corrected chi connectivity index (χ3v) is 5.62. The van der Waals surface area contributed by atoms with E-state index in [1.54, 1.807) is 31.3 Å². The maximum absolute atomic E-state index is 12.5. The molecule has 2 aromatic heterocycles. The molecule has 0 spiro atoms. The van der Waals surface area contributed by atoms with E-state index in [9.17, 15) is 9.59 Å². The van der Waals surface area contributed by atoms with E-state index in [0.717, 1.165) is 22.4 Å². The Morgan fingerprint density at radius 2 is 2.03 bits per heavy atom. The van der Waals surface area contributed by atoms with Gasteiger partial charge in [0.25, 0.3) is 5.91 Å². The lowest BCUT2D eigenvalue weighted by molar-refractivity contribution is -0.116. The SMILES string of the molecule is CCCOc1cccc2nc(NC(=O)CCNC(=O)c3cccc(-c4nnn(C)n4)c3)sc12. The number of fused-ring (bicyclic) bond motifs is 1. The lowest BCUT2D eigenvalue weighted by Gasteiger charge is -2.06. The number of benzene rings is 2. The van der Waals surface area contributed by atoms with Gasteiger partial charge in [-0.2, -0.15) is 4.80 Å². The number of rotatable bonds is 9. The summed E-state index contributed by atoms with van der Waals surface area (Å²) in [5.41, 5.74) is 1.91. The Morgan fingerprint density at radius 3 is 2.82 bits per heavy atom. The molecule has 2 heterocycles. The van der Waals surface area contributed by atoms with Crippen LogP contribution in [0.2, 0.25) is 0 Å². The summed E-state index contributed by atoms with van der Waals surface area (Å²) >= 11 is 1.37. The van der Waals surface area contributed by atoms with Gasteiger partial charge in [0.05, 0.1) is 23.9 Å². The number of ether oxygens (including phenoxy) is 1. The normalized spacial score (nSPS) is 10.8. The minimum Gasteiger partial charge on any atom is -0.492 e. The van der Waals surface area contributed by atoms with Crippen molar-refractivity contribution < 1.29 is 14.3 Å². The van der Waals surface area contributed by atoms with E-state index in [1.807, 2.05) is 25.1 Å². The van der Waals surface area contributed by atoms with Gasteiger partial charge < -0.3 is 15.4 Å². The summed E-state index contributed by atoms with van der Waals surface area (Å²) in [5, 5.41) is 17.9. The van der Waals surface area contributed by atoms with Gasteiger partial charge >= 0.3 is 0 Å². The molecule has 0 radical (unpaired) electrons. The van der Waals surface area contributed by atoms with Gasteiger partial charge in [-0.1, -0.05) is 36.5 Å². The molecule has 4 rings (SSSR count). The maximum Gasteiger partial charge on any atom is 0.251 e. The fourth-order valence-corrected chi connectivity index (χ4v) is 4.02. The number of carbonyl (C=O) groups excluding carboxylic acids is 2. The van der Waals surface area contributed by atoms with Crippen LogP contribution in [0.25, 0.3) is 21.6 Å². The Labute approximate surface area is 194 Å². The number of amides is 2. The van der Waals surface area contributed by atoms with Gasteiger partial charge in [0.1, 0.15) is 5.75 Å². The summed E-state index contributed by atoms with van der Waals surface area (Å²) < 4.78 is 6.65. The zero-order chi connectivity index (χ0) is 23.2. The predicted molar refractivity (Wildman–Crippen MR) is 125 cm³/mol. The molecule has 2 aromatic carbocycles. The molecule has 0 aliphatic carbocycles. The number of carbonyl (C=O) groups is 2. The van der Waals surface area contributed by atoms with Crippen LogP contribution in [0.5, 0.6) is 5.75 Å². The Morgan fingerprint density at radius 1 is 1.18 bits per heavy atom. The number of aromatic nitrogens is 5. The molecule has 0 saturated heterocycles. The molecule has 11 heteroatoms. The summed E-state index contributed by atoms with van der Waals surface area (Å²) in [7, 11) is 1.67. The first-order valence-electron chi connectivity index (χ1n) is 10.5. The quantitative estimate of drug-likeness (QED) is 0.389. The van der Waals surface area contributed by atoms with Gasteiger partial charge in [-0.3, -0.25) is 9.59 Å². The van der Waals surface area contributed by atoms with E-state index in [-0.39, 0.29) is 24.8 Å². The molecular formula is C22H23N7O3S. The molecule has 0 unspecified atom stereocenters. The highest BCUT2D eigenvalue weighted by Crippen LogP contribution is 2.33. The molecule has 2 amide bonds. The molecule has 33 heavy (non-hydrogen) atoms. The Kier molecular flexibility index (Phi) is 6.89. The smallest absolute Gasteiger partial charge is 0.251 e. The van der Waals surface area contributed by atoms with Crippen LogP contribution in [0.1, 0.15) is 30.1 Å². The van der Waals surface area contributed by atoms with Crippen molar-refractivity contribution in [3.05, 3.63) is 48.0 Å². The van der Waals surface area contributed by atoms with E-state index in [1.165, 1.54) is 16.1 Å². The van der Waals surface area contributed by atoms with Gasteiger partial charge in [-0.15, -0.1) is 10.2 Å². The van der Waals surface area contributed by atoms with E-state index in [2.05, 4.69) is 31.0 Å². The van der Waals surface area contributed by atoms with Gasteiger partial charge in [-0.25, -0.2) is 4.98 Å². The Hall–Kier alpha value is -3.86. The summed E-state index contributed by atoms with van der Waals surface area (Å²) in [6, 6.07) is 12.6. The van der Waals surface area contributed by atoms with Crippen LogP contribution >= 0.6 is 11.3 Å². The van der Waals surface area contributed by atoms with Crippen molar-refractivity contribution in [3.63, 3.8) is 0 Å². The fraction of sp³-hybridized carbons (Fsp3) is 0.273. The molecule has 0 bridgehead atoms. The highest BCUT2D eigenvalue weighted by atomic mass is 32.1. The largest absolute Gasteiger partial charge is 0.492 e. The number of hydrogen-bond donors (Lipinski definition) is 2. The van der Waals surface area contributed by atoms with Crippen molar-refractivity contribution in [1.29, 1.82) is 0 Å². The average Bonchev–Trinajstić information content (AvgIpc) is 3.43. The van der Waals surface area contributed by atoms with Crippen molar-refractivity contribution in [1.82, 2.24) is 30.5 Å². The second-order valence-corrected chi connectivity index (χ2v) is 8.21. The molecule has 0 aliphatic rings. The Bertz CT molecular complexity index is 1280. The molecule has 170 valence electrons. The van der Waals surface area contributed by atoms with E-state index < -0.39 is 0 Å². The molecule has 0 saturated carbocycles. The number of nitrogens with zero attached hydrogens (tertiary/aromatic N) is 5. The number of anilines is 1. The van der Waals surface area contributed by atoms with Crippen LogP contribution in [0.4, 0.5) is 5.13 Å². The molecular weight excluding hydrogens is 442 g/mol. The summed E-state index contributed by atoms with van der Waals surface area (Å²) in [5.74, 6) is 0.679. The molecule has 0 fully saturated rings. The highest BCUT2D eigenvalue weighted by Gasteiger charge is 2.13. The number of nitrogens with one attached hydrogen (secondary N) is 2. The standard InChI is InChI=1S/C22H23N7O3S/c1-3-12-32-17-9-5-8-16-19(17)33-22(24-16)25-18(30)10-11-23-21(31)15-7-4-6-14(13-15)20-26-28-29(2)27-20/h4-9,13H,3,10-12H2,1-2H3,(H,23,31)(H,24,25,30). The molecule has 0 aliphatic heterocycles. The first-order valence-corrected chi connectivity index (χ1v) is 11.3. The van der Waals surface area contributed by atoms with E-state index in [0.29, 0.717) is 28.7 Å². The predicted octanol–water partition coefficient (Wildman–Crippen LogP) is 3.03. The zero-order valence-electron chi connectivity index (χ0n) is 18.2. The number of hydrogen-bond acceptors (Lipinski definition) is 8. The maximum atomic E-state index is 12.5. The minimum atomic E-state index is -0.286. The minimum absolute atomic E-state index is 0.117. The van der Waals surface area contributed by atoms with Gasteiger partial charge in [0.15, 0.2) is 5.13 Å². The Balaban J connectivity index is 1.31. The number of thiazole rings is 1. The lowest BCUT2D eigenvalue weighted by Crippen LogP contribution is -2.27. The third-order valence-electron chi connectivity index (χ3n) is 4.62.